The van der Waals surface area contributed by atoms with Crippen LogP contribution in [-0.4, -0.2) is 40.8 Å². The number of halogens is 3. The molecule has 0 aliphatic carbocycles. The zero-order valence-corrected chi connectivity index (χ0v) is 24.0. The first-order valence-electron chi connectivity index (χ1n) is 13.8. The van der Waals surface area contributed by atoms with Crippen molar-refractivity contribution in [3.8, 4) is 11.1 Å². The van der Waals surface area contributed by atoms with Gasteiger partial charge >= 0.3 is 12.3 Å². The van der Waals surface area contributed by atoms with Crippen LogP contribution in [0.25, 0.3) is 11.1 Å². The van der Waals surface area contributed by atoms with E-state index in [2.05, 4.69) is 20.6 Å². The summed E-state index contributed by atoms with van der Waals surface area (Å²) in [6.07, 6.45) is -2.01. The summed E-state index contributed by atoms with van der Waals surface area (Å²) in [5, 5.41) is 5.54. The van der Waals surface area contributed by atoms with Crippen molar-refractivity contribution in [1.29, 1.82) is 0 Å². The lowest BCUT2D eigenvalue weighted by atomic mass is 9.95. The van der Waals surface area contributed by atoms with Crippen molar-refractivity contribution in [3.63, 3.8) is 0 Å². The van der Waals surface area contributed by atoms with Crippen molar-refractivity contribution in [1.82, 2.24) is 20.6 Å². The van der Waals surface area contributed by atoms with E-state index in [4.69, 9.17) is 9.47 Å². The number of hydrogen-bond donors (Lipinski definition) is 2. The van der Waals surface area contributed by atoms with Gasteiger partial charge in [0.1, 0.15) is 17.1 Å². The first-order chi connectivity index (χ1) is 19.8. The summed E-state index contributed by atoms with van der Waals surface area (Å²) < 4.78 is 51.2. The molecule has 1 aromatic heterocycles. The highest BCUT2D eigenvalue weighted by molar-refractivity contribution is 5.92. The van der Waals surface area contributed by atoms with E-state index in [1.807, 2.05) is 6.92 Å². The molecule has 1 atom stereocenters. The number of alkyl carbamates (subject to hydrolysis) is 1. The highest BCUT2D eigenvalue weighted by Gasteiger charge is 2.31. The average molecular weight is 585 g/mol. The van der Waals surface area contributed by atoms with Gasteiger partial charge < -0.3 is 20.1 Å². The summed E-state index contributed by atoms with van der Waals surface area (Å²) in [6.45, 7) is 8.23. The molecule has 2 aromatic carbocycles. The molecule has 1 aliphatic heterocycles. The molecule has 0 radical (unpaired) electrons. The third kappa shape index (κ3) is 8.28. The number of alkyl halides is 3. The van der Waals surface area contributed by atoms with Gasteiger partial charge in [0.05, 0.1) is 11.6 Å². The molecule has 0 bridgehead atoms. The maximum Gasteiger partial charge on any atom is 0.416 e. The fourth-order valence-corrected chi connectivity index (χ4v) is 4.62. The second kappa shape index (κ2) is 12.9. The largest absolute Gasteiger partial charge is 0.444 e. The zero-order chi connectivity index (χ0) is 30.5. The third-order valence-corrected chi connectivity index (χ3v) is 6.82. The molecule has 11 heteroatoms. The average Bonchev–Trinajstić information content (AvgIpc) is 2.95. The predicted octanol–water partition coefficient (Wildman–Crippen LogP) is 6.57. The smallest absolute Gasteiger partial charge is 0.416 e. The standard InChI is InChI=1S/C31H35F3N4O4/c1-19(37-28(39)26-11-14-35-27(38-26)22-12-15-41-16-13-22)20-5-7-21(8-6-20)25-17-24(31(32,33)34)10-9-23(25)18-36-29(40)42-30(2,3)4/h5-11,14,17,19,22H,12-13,15-16,18H2,1-4H3,(H,36,40)(H,37,39)/t19-/m1/s1. The molecule has 3 aromatic rings. The Morgan fingerprint density at radius 1 is 1.05 bits per heavy atom. The fraction of sp³-hybridized carbons (Fsp3) is 0.419. The van der Waals surface area contributed by atoms with Crippen molar-refractivity contribution in [3.05, 3.63) is 82.9 Å². The van der Waals surface area contributed by atoms with E-state index in [0.717, 1.165) is 30.5 Å². The van der Waals surface area contributed by atoms with Crippen molar-refractivity contribution >= 4 is 12.0 Å². The topological polar surface area (TPSA) is 102 Å². The molecule has 1 aliphatic rings. The summed E-state index contributed by atoms with van der Waals surface area (Å²) in [5.74, 6) is 0.424. The van der Waals surface area contributed by atoms with E-state index in [-0.39, 0.29) is 24.1 Å². The van der Waals surface area contributed by atoms with Crippen LogP contribution in [0.4, 0.5) is 18.0 Å². The SMILES string of the molecule is C[C@@H](NC(=O)c1ccnc(C2CCOCC2)n1)c1ccc(-c2cc(C(F)(F)F)ccc2CNC(=O)OC(C)(C)C)cc1. The van der Waals surface area contributed by atoms with Crippen LogP contribution in [0.5, 0.6) is 0 Å². The quantitative estimate of drug-likeness (QED) is 0.326. The van der Waals surface area contributed by atoms with Crippen LogP contribution in [0, 0.1) is 0 Å². The van der Waals surface area contributed by atoms with Gasteiger partial charge in [-0.15, -0.1) is 0 Å². The van der Waals surface area contributed by atoms with Crippen molar-refractivity contribution in [2.75, 3.05) is 13.2 Å². The lowest BCUT2D eigenvalue weighted by Crippen LogP contribution is -2.32. The molecule has 0 unspecified atom stereocenters. The minimum absolute atomic E-state index is 0.0224. The van der Waals surface area contributed by atoms with Crippen LogP contribution < -0.4 is 10.6 Å². The van der Waals surface area contributed by atoms with Gasteiger partial charge in [0, 0.05) is 31.9 Å². The molecule has 1 fully saturated rings. The minimum Gasteiger partial charge on any atom is -0.444 e. The molecule has 42 heavy (non-hydrogen) atoms. The predicted molar refractivity (Wildman–Crippen MR) is 151 cm³/mol. The van der Waals surface area contributed by atoms with Gasteiger partial charge in [0.2, 0.25) is 0 Å². The van der Waals surface area contributed by atoms with Crippen LogP contribution in [0.2, 0.25) is 0 Å². The molecule has 2 amide bonds. The molecule has 0 saturated carbocycles. The van der Waals surface area contributed by atoms with E-state index in [1.54, 1.807) is 57.3 Å². The Morgan fingerprint density at radius 3 is 2.38 bits per heavy atom. The second-order valence-corrected chi connectivity index (χ2v) is 11.2. The third-order valence-electron chi connectivity index (χ3n) is 6.82. The number of carbonyl (C=O) groups excluding carboxylic acids is 2. The van der Waals surface area contributed by atoms with Crippen molar-refractivity contribution in [2.45, 2.75) is 70.8 Å². The molecule has 224 valence electrons. The molecule has 0 spiro atoms. The summed E-state index contributed by atoms with van der Waals surface area (Å²) in [4.78, 5) is 33.9. The molecule has 1 saturated heterocycles. The Balaban J connectivity index is 1.49. The molecule has 2 N–H and O–H groups in total. The molecule has 4 rings (SSSR count). The molecule has 2 heterocycles. The number of nitrogens with zero attached hydrogens (tertiary/aromatic N) is 2. The zero-order valence-electron chi connectivity index (χ0n) is 24.0. The Morgan fingerprint density at radius 2 is 1.74 bits per heavy atom. The molecular formula is C31H35F3N4O4. The van der Waals surface area contributed by atoms with Crippen LogP contribution in [0.3, 0.4) is 0 Å². The van der Waals surface area contributed by atoms with E-state index >= 15 is 0 Å². The first-order valence-corrected chi connectivity index (χ1v) is 13.8. The van der Waals surface area contributed by atoms with Crippen LogP contribution in [0.15, 0.2) is 54.7 Å². The van der Waals surface area contributed by atoms with Gasteiger partial charge in [-0.1, -0.05) is 30.3 Å². The van der Waals surface area contributed by atoms with Crippen molar-refractivity contribution in [2.24, 2.45) is 0 Å². The first kappa shape index (κ1) is 31.0. The second-order valence-electron chi connectivity index (χ2n) is 11.2. The van der Waals surface area contributed by atoms with Gasteiger partial charge in [0.25, 0.3) is 5.91 Å². The Hall–Kier alpha value is -3.99. The van der Waals surface area contributed by atoms with Crippen LogP contribution >= 0.6 is 0 Å². The number of ether oxygens (including phenoxy) is 2. The maximum absolute atomic E-state index is 13.5. The number of hydrogen-bond acceptors (Lipinski definition) is 6. The fourth-order valence-electron chi connectivity index (χ4n) is 4.62. The summed E-state index contributed by atoms with van der Waals surface area (Å²) in [7, 11) is 0. The number of aromatic nitrogens is 2. The summed E-state index contributed by atoms with van der Waals surface area (Å²) in [6, 6.07) is 11.5. The molecular weight excluding hydrogens is 549 g/mol. The van der Waals surface area contributed by atoms with Gasteiger partial charge in [-0.2, -0.15) is 13.2 Å². The number of benzene rings is 2. The van der Waals surface area contributed by atoms with E-state index in [9.17, 15) is 22.8 Å². The Bertz CT molecular complexity index is 1400. The van der Waals surface area contributed by atoms with E-state index in [1.165, 1.54) is 6.07 Å². The monoisotopic (exact) mass is 584 g/mol. The van der Waals surface area contributed by atoms with Crippen molar-refractivity contribution < 1.29 is 32.2 Å². The highest BCUT2D eigenvalue weighted by Crippen LogP contribution is 2.34. The number of amides is 2. The summed E-state index contributed by atoms with van der Waals surface area (Å²) in [5.41, 5.74) is 0.856. The van der Waals surface area contributed by atoms with Gasteiger partial charge in [0.15, 0.2) is 0 Å². The number of rotatable bonds is 7. The molecule has 8 nitrogen and oxygen atoms in total. The number of nitrogens with one attached hydrogen (secondary N) is 2. The lowest BCUT2D eigenvalue weighted by molar-refractivity contribution is -0.137. The Kier molecular flexibility index (Phi) is 9.50. The maximum atomic E-state index is 13.5. The number of carbonyl (C=O) groups is 2. The minimum atomic E-state index is -4.53. The summed E-state index contributed by atoms with van der Waals surface area (Å²) >= 11 is 0. The van der Waals surface area contributed by atoms with Gasteiger partial charge in [-0.3, -0.25) is 4.79 Å². The van der Waals surface area contributed by atoms with Crippen LogP contribution in [-0.2, 0) is 22.2 Å². The van der Waals surface area contributed by atoms with E-state index in [0.29, 0.717) is 35.7 Å². The van der Waals surface area contributed by atoms with E-state index < -0.39 is 29.5 Å². The lowest BCUT2D eigenvalue weighted by Gasteiger charge is -2.21. The normalized spacial score (nSPS) is 15.1. The Labute approximate surface area is 243 Å². The van der Waals surface area contributed by atoms with Gasteiger partial charge in [-0.05, 0) is 81.0 Å². The van der Waals surface area contributed by atoms with Gasteiger partial charge in [-0.25, -0.2) is 14.8 Å². The van der Waals surface area contributed by atoms with Crippen LogP contribution in [0.1, 0.15) is 85.5 Å². The highest BCUT2D eigenvalue weighted by atomic mass is 19.4.